The third-order valence-electron chi connectivity index (χ3n) is 2.29. The summed E-state index contributed by atoms with van der Waals surface area (Å²) >= 11 is 1.62. The standard InChI is InChI=1S/C13H23N3OS/c1-12(2,3)9-7-10(16-15-9)14-11(17)8-18-13(4,5)6/h7H,8H2,1-6H3,(H2,14,15,16,17). The number of hydrogen-bond donors (Lipinski definition) is 2. The second kappa shape index (κ2) is 5.34. The zero-order valence-corrected chi connectivity index (χ0v) is 12.9. The van der Waals surface area contributed by atoms with Gasteiger partial charge in [-0.15, -0.1) is 11.8 Å². The lowest BCUT2D eigenvalue weighted by atomic mass is 9.92. The molecule has 1 rings (SSSR count). The van der Waals surface area contributed by atoms with E-state index in [9.17, 15) is 4.79 Å². The van der Waals surface area contributed by atoms with Crippen LogP contribution in [0, 0.1) is 0 Å². The van der Waals surface area contributed by atoms with Gasteiger partial charge in [0.25, 0.3) is 0 Å². The number of amides is 1. The van der Waals surface area contributed by atoms with Crippen LogP contribution in [0.4, 0.5) is 5.82 Å². The lowest BCUT2D eigenvalue weighted by molar-refractivity contribution is -0.113. The van der Waals surface area contributed by atoms with Gasteiger partial charge in [-0.1, -0.05) is 41.5 Å². The SMILES string of the molecule is CC(C)(C)SCC(=O)Nc1cc(C(C)(C)C)[nH]n1. The molecule has 4 nitrogen and oxygen atoms in total. The molecular weight excluding hydrogens is 246 g/mol. The summed E-state index contributed by atoms with van der Waals surface area (Å²) in [5.74, 6) is 1.03. The number of thioether (sulfide) groups is 1. The van der Waals surface area contributed by atoms with Crippen molar-refractivity contribution < 1.29 is 4.79 Å². The minimum Gasteiger partial charge on any atom is -0.308 e. The maximum Gasteiger partial charge on any atom is 0.235 e. The maximum atomic E-state index is 11.7. The molecule has 0 saturated heterocycles. The topological polar surface area (TPSA) is 57.8 Å². The summed E-state index contributed by atoms with van der Waals surface area (Å²) in [6.45, 7) is 12.6. The Hall–Kier alpha value is -0.970. The Morgan fingerprint density at radius 3 is 2.39 bits per heavy atom. The van der Waals surface area contributed by atoms with Crippen LogP contribution in [0.25, 0.3) is 0 Å². The van der Waals surface area contributed by atoms with Gasteiger partial charge in [-0.3, -0.25) is 9.89 Å². The first-order chi connectivity index (χ1) is 8.08. The molecule has 0 aliphatic rings. The van der Waals surface area contributed by atoms with Crippen molar-refractivity contribution in [3.8, 4) is 0 Å². The van der Waals surface area contributed by atoms with Gasteiger partial charge < -0.3 is 5.32 Å². The summed E-state index contributed by atoms with van der Waals surface area (Å²) in [6, 6.07) is 1.89. The summed E-state index contributed by atoms with van der Waals surface area (Å²) < 4.78 is 0.0967. The molecule has 0 unspecified atom stereocenters. The predicted octanol–water partition coefficient (Wildman–Crippen LogP) is 3.18. The number of rotatable bonds is 3. The Bertz CT molecular complexity index is 413. The highest BCUT2D eigenvalue weighted by Gasteiger charge is 2.18. The molecule has 0 aliphatic heterocycles. The molecule has 0 bridgehead atoms. The molecule has 1 aromatic heterocycles. The second-order valence-electron chi connectivity index (χ2n) is 6.37. The van der Waals surface area contributed by atoms with Crippen molar-refractivity contribution >= 4 is 23.5 Å². The van der Waals surface area contributed by atoms with E-state index in [1.54, 1.807) is 11.8 Å². The second-order valence-corrected chi connectivity index (χ2v) is 8.17. The summed E-state index contributed by atoms with van der Waals surface area (Å²) in [4.78, 5) is 11.7. The van der Waals surface area contributed by atoms with E-state index >= 15 is 0 Å². The van der Waals surface area contributed by atoms with Gasteiger partial charge in [0.15, 0.2) is 5.82 Å². The molecule has 0 aromatic carbocycles. The predicted molar refractivity (Wildman–Crippen MR) is 78.1 cm³/mol. The van der Waals surface area contributed by atoms with Crippen LogP contribution in [0.2, 0.25) is 0 Å². The van der Waals surface area contributed by atoms with Crippen molar-refractivity contribution in [2.45, 2.75) is 51.7 Å². The average molecular weight is 269 g/mol. The first-order valence-corrected chi connectivity index (χ1v) is 7.06. The van der Waals surface area contributed by atoms with Gasteiger partial charge in [-0.25, -0.2) is 0 Å². The highest BCUT2D eigenvalue weighted by molar-refractivity contribution is 8.01. The summed E-state index contributed by atoms with van der Waals surface area (Å²) in [6.07, 6.45) is 0. The Labute approximate surface area is 113 Å². The van der Waals surface area contributed by atoms with Gasteiger partial charge >= 0.3 is 0 Å². The van der Waals surface area contributed by atoms with Gasteiger partial charge in [-0.05, 0) is 0 Å². The van der Waals surface area contributed by atoms with Crippen LogP contribution in [-0.4, -0.2) is 26.6 Å². The number of hydrogen-bond acceptors (Lipinski definition) is 3. The van der Waals surface area contributed by atoms with E-state index in [4.69, 9.17) is 0 Å². The van der Waals surface area contributed by atoms with E-state index in [0.29, 0.717) is 11.6 Å². The normalized spacial score (nSPS) is 12.6. The Kier molecular flexibility index (Phi) is 4.48. The van der Waals surface area contributed by atoms with Crippen molar-refractivity contribution in [1.82, 2.24) is 10.2 Å². The van der Waals surface area contributed by atoms with E-state index < -0.39 is 0 Å². The smallest absolute Gasteiger partial charge is 0.235 e. The first-order valence-electron chi connectivity index (χ1n) is 6.08. The summed E-state index contributed by atoms with van der Waals surface area (Å²) in [5, 5.41) is 9.86. The molecule has 1 amide bonds. The van der Waals surface area contributed by atoms with Gasteiger partial charge in [0, 0.05) is 21.9 Å². The van der Waals surface area contributed by atoms with Crippen molar-refractivity contribution in [3.05, 3.63) is 11.8 Å². The number of nitrogens with zero attached hydrogens (tertiary/aromatic N) is 1. The third-order valence-corrected chi connectivity index (χ3v) is 3.56. The number of aromatic nitrogens is 2. The van der Waals surface area contributed by atoms with Crippen molar-refractivity contribution in [1.29, 1.82) is 0 Å². The van der Waals surface area contributed by atoms with E-state index in [0.717, 1.165) is 5.69 Å². The van der Waals surface area contributed by atoms with Crippen LogP contribution in [-0.2, 0) is 10.2 Å². The number of nitrogens with one attached hydrogen (secondary N) is 2. The van der Waals surface area contributed by atoms with Crippen molar-refractivity contribution in [2.75, 3.05) is 11.1 Å². The lowest BCUT2D eigenvalue weighted by Crippen LogP contribution is -2.19. The molecule has 1 aromatic rings. The fraction of sp³-hybridized carbons (Fsp3) is 0.692. The van der Waals surface area contributed by atoms with E-state index in [-0.39, 0.29) is 16.1 Å². The van der Waals surface area contributed by atoms with Crippen LogP contribution < -0.4 is 5.32 Å². The third kappa shape index (κ3) is 5.12. The molecule has 0 aliphatic carbocycles. The zero-order chi connectivity index (χ0) is 14.0. The molecule has 18 heavy (non-hydrogen) atoms. The first kappa shape index (κ1) is 15.1. The Morgan fingerprint density at radius 2 is 1.94 bits per heavy atom. The van der Waals surface area contributed by atoms with E-state index in [1.165, 1.54) is 0 Å². The fourth-order valence-electron chi connectivity index (χ4n) is 1.23. The van der Waals surface area contributed by atoms with Crippen LogP contribution in [0.5, 0.6) is 0 Å². The molecule has 102 valence electrons. The monoisotopic (exact) mass is 269 g/mol. The Morgan fingerprint density at radius 1 is 1.33 bits per heavy atom. The summed E-state index contributed by atoms with van der Waals surface area (Å²) in [5.41, 5.74) is 1.03. The molecule has 1 heterocycles. The molecule has 5 heteroatoms. The summed E-state index contributed by atoms with van der Waals surface area (Å²) in [7, 11) is 0. The molecule has 0 spiro atoms. The highest BCUT2D eigenvalue weighted by atomic mass is 32.2. The van der Waals surface area contributed by atoms with Gasteiger partial charge in [0.1, 0.15) is 0 Å². The quantitative estimate of drug-likeness (QED) is 0.886. The molecule has 0 fully saturated rings. The Balaban J connectivity index is 2.53. The zero-order valence-electron chi connectivity index (χ0n) is 12.0. The largest absolute Gasteiger partial charge is 0.308 e. The molecule has 0 atom stereocenters. The van der Waals surface area contributed by atoms with Gasteiger partial charge in [0.2, 0.25) is 5.91 Å². The number of aromatic amines is 1. The van der Waals surface area contributed by atoms with E-state index in [2.05, 4.69) is 57.1 Å². The number of carbonyl (C=O) groups is 1. The van der Waals surface area contributed by atoms with Crippen molar-refractivity contribution in [2.24, 2.45) is 0 Å². The van der Waals surface area contributed by atoms with Crippen LogP contribution >= 0.6 is 11.8 Å². The van der Waals surface area contributed by atoms with Crippen molar-refractivity contribution in [3.63, 3.8) is 0 Å². The van der Waals surface area contributed by atoms with Crippen LogP contribution in [0.1, 0.15) is 47.2 Å². The minimum atomic E-state index is -0.0121. The molecular formula is C13H23N3OS. The van der Waals surface area contributed by atoms with E-state index in [1.807, 2.05) is 6.07 Å². The van der Waals surface area contributed by atoms with Gasteiger partial charge in [0.05, 0.1) is 5.75 Å². The molecule has 0 saturated carbocycles. The molecule has 2 N–H and O–H groups in total. The highest BCUT2D eigenvalue weighted by Crippen LogP contribution is 2.24. The number of H-pyrrole nitrogens is 1. The van der Waals surface area contributed by atoms with Gasteiger partial charge in [-0.2, -0.15) is 5.10 Å². The molecule has 0 radical (unpaired) electrons. The maximum absolute atomic E-state index is 11.7. The average Bonchev–Trinajstić information content (AvgIpc) is 2.61. The minimum absolute atomic E-state index is 0.0101. The fourth-order valence-corrected chi connectivity index (χ4v) is 1.87. The number of carbonyl (C=O) groups excluding carboxylic acids is 1. The lowest BCUT2D eigenvalue weighted by Gasteiger charge is -2.16. The number of anilines is 1. The van der Waals surface area contributed by atoms with Crippen LogP contribution in [0.15, 0.2) is 6.07 Å². The van der Waals surface area contributed by atoms with Crippen LogP contribution in [0.3, 0.4) is 0 Å².